The van der Waals surface area contributed by atoms with Crippen LogP contribution < -0.4 is 5.32 Å². The fourth-order valence-corrected chi connectivity index (χ4v) is 2.66. The van der Waals surface area contributed by atoms with Crippen molar-refractivity contribution in [3.8, 4) is 5.82 Å². The van der Waals surface area contributed by atoms with Crippen molar-refractivity contribution in [1.29, 1.82) is 0 Å². The van der Waals surface area contributed by atoms with E-state index in [2.05, 4.69) is 15.4 Å². The summed E-state index contributed by atoms with van der Waals surface area (Å²) in [4.78, 5) is 30.2. The van der Waals surface area contributed by atoms with Crippen LogP contribution in [0.25, 0.3) is 5.82 Å². The van der Waals surface area contributed by atoms with Crippen LogP contribution in [0.5, 0.6) is 0 Å². The van der Waals surface area contributed by atoms with Crippen LogP contribution in [-0.4, -0.2) is 50.1 Å². The fraction of sp³-hybridized carbons (Fsp3) is 0.474. The van der Waals surface area contributed by atoms with Gasteiger partial charge >= 0.3 is 6.18 Å². The zero-order valence-electron chi connectivity index (χ0n) is 17.0. The van der Waals surface area contributed by atoms with Gasteiger partial charge in [0.2, 0.25) is 5.91 Å². The molecule has 0 aromatic carbocycles. The molecule has 0 aliphatic heterocycles. The lowest BCUT2D eigenvalue weighted by Crippen LogP contribution is -2.47. The summed E-state index contributed by atoms with van der Waals surface area (Å²) in [7, 11) is 0. The highest BCUT2D eigenvalue weighted by molar-refractivity contribution is 5.97. The molecule has 0 unspecified atom stereocenters. The third kappa shape index (κ3) is 5.55. The maximum Gasteiger partial charge on any atom is 0.417 e. The summed E-state index contributed by atoms with van der Waals surface area (Å²) >= 11 is 0. The van der Waals surface area contributed by atoms with E-state index in [4.69, 9.17) is 0 Å². The van der Waals surface area contributed by atoms with Gasteiger partial charge in [-0.3, -0.25) is 9.59 Å². The van der Waals surface area contributed by atoms with Crippen LogP contribution in [0.3, 0.4) is 0 Å². The number of carbonyl (C=O) groups is 2. The van der Waals surface area contributed by atoms with Crippen LogP contribution in [0.15, 0.2) is 24.5 Å². The molecule has 0 atom stereocenters. The zero-order chi connectivity index (χ0) is 22.0. The molecule has 2 rings (SSSR count). The minimum atomic E-state index is -4.49. The van der Waals surface area contributed by atoms with Gasteiger partial charge in [0.25, 0.3) is 5.91 Å². The standard InChI is InChI=1S/C19H24F3N5O2/c1-6-26(11-16(28)25-18(3,4)5)17(29)14-10-24-27(12(14)2)15-8-7-13(9-23-15)19(20,21)22/h7-10H,6,11H2,1-5H3,(H,25,28). The Morgan fingerprint density at radius 1 is 1.17 bits per heavy atom. The number of likely N-dealkylation sites (N-methyl/N-ethyl adjacent to an activating group) is 1. The van der Waals surface area contributed by atoms with E-state index in [1.165, 1.54) is 21.8 Å². The highest BCUT2D eigenvalue weighted by atomic mass is 19.4. The molecule has 2 aromatic rings. The number of halogens is 3. The third-order valence-electron chi connectivity index (χ3n) is 4.05. The number of pyridine rings is 1. The Hall–Kier alpha value is -2.91. The van der Waals surface area contributed by atoms with Gasteiger partial charge in [-0.2, -0.15) is 18.3 Å². The summed E-state index contributed by atoms with van der Waals surface area (Å²) in [5.41, 5.74) is -0.632. The molecular weight excluding hydrogens is 387 g/mol. The lowest BCUT2D eigenvalue weighted by atomic mass is 10.1. The number of aromatic nitrogens is 3. The number of hydrogen-bond acceptors (Lipinski definition) is 4. The molecule has 0 fully saturated rings. The number of nitrogens with zero attached hydrogens (tertiary/aromatic N) is 4. The van der Waals surface area contributed by atoms with Crippen molar-refractivity contribution in [1.82, 2.24) is 25.0 Å². The van der Waals surface area contributed by atoms with E-state index >= 15 is 0 Å². The average molecular weight is 411 g/mol. The van der Waals surface area contributed by atoms with Gasteiger partial charge in [-0.1, -0.05) is 0 Å². The van der Waals surface area contributed by atoms with Crippen molar-refractivity contribution in [2.45, 2.75) is 46.3 Å². The summed E-state index contributed by atoms with van der Waals surface area (Å²) in [5, 5.41) is 6.88. The first-order chi connectivity index (χ1) is 13.3. The Labute approximate surface area is 166 Å². The van der Waals surface area contributed by atoms with Crippen molar-refractivity contribution >= 4 is 11.8 Å². The van der Waals surface area contributed by atoms with E-state index in [0.29, 0.717) is 18.4 Å². The lowest BCUT2D eigenvalue weighted by molar-refractivity contribution is -0.137. The maximum absolute atomic E-state index is 12.9. The summed E-state index contributed by atoms with van der Waals surface area (Å²) in [6.45, 7) is 9.08. The summed E-state index contributed by atoms with van der Waals surface area (Å²) < 4.78 is 39.4. The highest BCUT2D eigenvalue weighted by Gasteiger charge is 2.31. The molecule has 0 radical (unpaired) electrons. The van der Waals surface area contributed by atoms with Crippen LogP contribution in [0.1, 0.15) is 49.3 Å². The molecule has 10 heteroatoms. The van der Waals surface area contributed by atoms with Gasteiger partial charge in [-0.25, -0.2) is 9.67 Å². The Bertz CT molecular complexity index is 883. The molecule has 0 spiro atoms. The van der Waals surface area contributed by atoms with E-state index in [0.717, 1.165) is 6.07 Å². The average Bonchev–Trinajstić information content (AvgIpc) is 2.98. The molecule has 2 amide bonds. The van der Waals surface area contributed by atoms with E-state index in [1.807, 2.05) is 20.8 Å². The van der Waals surface area contributed by atoms with Gasteiger partial charge < -0.3 is 10.2 Å². The summed E-state index contributed by atoms with van der Waals surface area (Å²) in [6.07, 6.45) is -2.45. The van der Waals surface area contributed by atoms with Gasteiger partial charge in [0.1, 0.15) is 0 Å². The van der Waals surface area contributed by atoms with Gasteiger partial charge in [0.15, 0.2) is 5.82 Å². The smallest absolute Gasteiger partial charge is 0.350 e. The second-order valence-electron chi connectivity index (χ2n) is 7.58. The minimum absolute atomic E-state index is 0.115. The lowest BCUT2D eigenvalue weighted by Gasteiger charge is -2.25. The maximum atomic E-state index is 12.9. The first-order valence-electron chi connectivity index (χ1n) is 9.02. The van der Waals surface area contributed by atoms with Crippen LogP contribution in [-0.2, 0) is 11.0 Å². The second-order valence-corrected chi connectivity index (χ2v) is 7.58. The molecule has 7 nitrogen and oxygen atoms in total. The van der Waals surface area contributed by atoms with Crippen molar-refractivity contribution in [2.75, 3.05) is 13.1 Å². The minimum Gasteiger partial charge on any atom is -0.350 e. The van der Waals surface area contributed by atoms with Crippen LogP contribution in [0, 0.1) is 6.92 Å². The van der Waals surface area contributed by atoms with Gasteiger partial charge in [0.05, 0.1) is 29.6 Å². The number of rotatable bonds is 5. The third-order valence-corrected chi connectivity index (χ3v) is 4.05. The van der Waals surface area contributed by atoms with E-state index in [-0.39, 0.29) is 23.8 Å². The second kappa shape index (κ2) is 8.22. The zero-order valence-corrected chi connectivity index (χ0v) is 17.0. The van der Waals surface area contributed by atoms with Crippen molar-refractivity contribution in [2.24, 2.45) is 0 Å². The van der Waals surface area contributed by atoms with E-state index in [9.17, 15) is 22.8 Å². The molecule has 2 heterocycles. The highest BCUT2D eigenvalue weighted by Crippen LogP contribution is 2.28. The summed E-state index contributed by atoms with van der Waals surface area (Å²) in [5.74, 6) is -0.530. The van der Waals surface area contributed by atoms with Crippen molar-refractivity contribution in [3.63, 3.8) is 0 Å². The largest absolute Gasteiger partial charge is 0.417 e. The molecular formula is C19H24F3N5O2. The van der Waals surface area contributed by atoms with Crippen molar-refractivity contribution < 1.29 is 22.8 Å². The number of hydrogen-bond donors (Lipinski definition) is 1. The van der Waals surface area contributed by atoms with Crippen LogP contribution in [0.2, 0.25) is 0 Å². The summed E-state index contributed by atoms with van der Waals surface area (Å²) in [6, 6.07) is 2.09. The van der Waals surface area contributed by atoms with Gasteiger partial charge in [-0.05, 0) is 46.8 Å². The molecule has 0 aliphatic carbocycles. The van der Waals surface area contributed by atoms with E-state index < -0.39 is 23.2 Å². The number of alkyl halides is 3. The van der Waals surface area contributed by atoms with Gasteiger partial charge in [-0.15, -0.1) is 0 Å². The fourth-order valence-electron chi connectivity index (χ4n) is 2.66. The number of carbonyl (C=O) groups excluding carboxylic acids is 2. The molecule has 1 N–H and O–H groups in total. The van der Waals surface area contributed by atoms with E-state index in [1.54, 1.807) is 13.8 Å². The molecule has 158 valence electrons. The number of nitrogens with one attached hydrogen (secondary N) is 1. The Balaban J connectivity index is 2.22. The molecule has 0 saturated heterocycles. The first-order valence-corrected chi connectivity index (χ1v) is 9.02. The van der Waals surface area contributed by atoms with Crippen LogP contribution >= 0.6 is 0 Å². The first kappa shape index (κ1) is 22.4. The topological polar surface area (TPSA) is 80.1 Å². The molecule has 0 aliphatic rings. The van der Waals surface area contributed by atoms with Crippen molar-refractivity contribution in [3.05, 3.63) is 41.3 Å². The van der Waals surface area contributed by atoms with Crippen LogP contribution in [0.4, 0.5) is 13.2 Å². The molecule has 2 aromatic heterocycles. The normalized spacial score (nSPS) is 12.0. The Morgan fingerprint density at radius 3 is 2.31 bits per heavy atom. The molecule has 0 saturated carbocycles. The van der Waals surface area contributed by atoms with Gasteiger partial charge in [0, 0.05) is 18.3 Å². The molecule has 0 bridgehead atoms. The predicted octanol–water partition coefficient (Wildman–Crippen LogP) is 2.97. The number of amides is 2. The monoisotopic (exact) mass is 411 g/mol. The Morgan fingerprint density at radius 2 is 1.83 bits per heavy atom. The molecule has 29 heavy (non-hydrogen) atoms. The SMILES string of the molecule is CCN(CC(=O)NC(C)(C)C)C(=O)c1cnn(-c2ccc(C(F)(F)F)cn2)c1C. The quantitative estimate of drug-likeness (QED) is 0.820. The predicted molar refractivity (Wildman–Crippen MR) is 101 cm³/mol. The Kier molecular flexibility index (Phi) is 6.34.